The summed E-state index contributed by atoms with van der Waals surface area (Å²) in [7, 11) is 0. The summed E-state index contributed by atoms with van der Waals surface area (Å²) in [5.74, 6) is -0.634. The van der Waals surface area contributed by atoms with Crippen LogP contribution in [0.5, 0.6) is 0 Å². The quantitative estimate of drug-likeness (QED) is 0.830. The number of carboxylic acids is 1. The van der Waals surface area contributed by atoms with Gasteiger partial charge in [0.15, 0.2) is 5.78 Å². The van der Waals surface area contributed by atoms with Crippen molar-refractivity contribution in [2.24, 2.45) is 16.7 Å². The fourth-order valence-corrected chi connectivity index (χ4v) is 3.16. The molecule has 0 spiro atoms. The normalized spacial score (nSPS) is 31.4. The highest BCUT2D eigenvalue weighted by atomic mass is 16.4. The summed E-state index contributed by atoms with van der Waals surface area (Å²) in [6.45, 7) is 7.53. The Hall–Kier alpha value is -1.38. The van der Waals surface area contributed by atoms with Gasteiger partial charge in [0.25, 0.3) is 0 Å². The number of fused-ring (bicyclic) bond motifs is 1. The Labute approximate surface area is 114 Å². The minimum Gasteiger partial charge on any atom is -0.481 e. The minimum atomic E-state index is -1.13. The molecule has 0 bridgehead atoms. The van der Waals surface area contributed by atoms with Crippen molar-refractivity contribution in [3.63, 3.8) is 0 Å². The average molecular weight is 262 g/mol. The van der Waals surface area contributed by atoms with E-state index in [2.05, 4.69) is 13.8 Å². The van der Waals surface area contributed by atoms with Crippen LogP contribution in [0.25, 0.3) is 0 Å². The summed E-state index contributed by atoms with van der Waals surface area (Å²) in [5.41, 5.74) is 0.314. The average Bonchev–Trinajstić information content (AvgIpc) is 2.31. The summed E-state index contributed by atoms with van der Waals surface area (Å²) in [6.07, 6.45) is 6.81. The number of allylic oxidation sites excluding steroid dienone is 3. The Morgan fingerprint density at radius 1 is 1.47 bits per heavy atom. The molecule has 2 atom stereocenters. The first kappa shape index (κ1) is 14.0. The molecule has 2 rings (SSSR count). The monoisotopic (exact) mass is 262 g/mol. The molecule has 0 radical (unpaired) electrons. The first-order valence-corrected chi connectivity index (χ1v) is 6.91. The fraction of sp³-hybridized carbons (Fsp3) is 0.625. The maximum Gasteiger partial charge on any atom is 0.313 e. The van der Waals surface area contributed by atoms with Crippen molar-refractivity contribution in [1.82, 2.24) is 0 Å². The van der Waals surface area contributed by atoms with Gasteiger partial charge in [-0.15, -0.1) is 0 Å². The largest absolute Gasteiger partial charge is 0.481 e. The highest BCUT2D eigenvalue weighted by Crippen LogP contribution is 2.50. The molecule has 0 heterocycles. The van der Waals surface area contributed by atoms with Crippen LogP contribution >= 0.6 is 0 Å². The maximum atomic E-state index is 12.2. The van der Waals surface area contributed by atoms with E-state index >= 15 is 0 Å². The Balaban J connectivity index is 2.51. The van der Waals surface area contributed by atoms with Gasteiger partial charge in [-0.1, -0.05) is 25.5 Å². The first-order valence-electron chi connectivity index (χ1n) is 6.91. The molecule has 0 aromatic carbocycles. The van der Waals surface area contributed by atoms with Crippen molar-refractivity contribution in [3.8, 4) is 0 Å². The van der Waals surface area contributed by atoms with Crippen molar-refractivity contribution in [2.75, 3.05) is 0 Å². The number of ketones is 1. The molecule has 0 aromatic heterocycles. The molecule has 0 aromatic rings. The minimum absolute atomic E-state index is 0.131. The molecular formula is C16H22O3. The van der Waals surface area contributed by atoms with Crippen LogP contribution < -0.4 is 0 Å². The third-order valence-electron chi connectivity index (χ3n) is 5.02. The van der Waals surface area contributed by atoms with Crippen LogP contribution in [0.3, 0.4) is 0 Å². The Morgan fingerprint density at radius 3 is 2.68 bits per heavy atom. The van der Waals surface area contributed by atoms with Gasteiger partial charge in [0.2, 0.25) is 0 Å². The van der Waals surface area contributed by atoms with E-state index < -0.39 is 11.4 Å². The predicted molar refractivity (Wildman–Crippen MR) is 73.7 cm³/mol. The lowest BCUT2D eigenvalue weighted by Crippen LogP contribution is -2.38. The summed E-state index contributed by atoms with van der Waals surface area (Å²) >= 11 is 0. The van der Waals surface area contributed by atoms with Crippen LogP contribution in [-0.2, 0) is 9.59 Å². The summed E-state index contributed by atoms with van der Waals surface area (Å²) in [4.78, 5) is 23.6. The van der Waals surface area contributed by atoms with Crippen molar-refractivity contribution in [2.45, 2.75) is 47.0 Å². The zero-order valence-corrected chi connectivity index (χ0v) is 12.1. The molecule has 1 saturated carbocycles. The number of carbonyl (C=O) groups is 2. The third-order valence-corrected chi connectivity index (χ3v) is 5.02. The Morgan fingerprint density at radius 2 is 2.11 bits per heavy atom. The lowest BCUT2D eigenvalue weighted by atomic mass is 9.60. The standard InChI is InChI=1S/C16H22O3/c1-10-6-5-7-11-8-13(17)12(9-16(10,11)4)15(2,3)14(18)19/h8-10H,5-7H2,1-4H3,(H,18,19)/t10-,16+/m0/s1. The highest BCUT2D eigenvalue weighted by molar-refractivity contribution is 6.10. The second-order valence-electron chi connectivity index (χ2n) is 6.60. The number of hydrogen-bond donors (Lipinski definition) is 1. The van der Waals surface area contributed by atoms with E-state index in [0.717, 1.165) is 19.3 Å². The van der Waals surface area contributed by atoms with Crippen LogP contribution in [0.15, 0.2) is 23.3 Å². The lowest BCUT2D eigenvalue weighted by Gasteiger charge is -2.43. The fourth-order valence-electron chi connectivity index (χ4n) is 3.16. The van der Waals surface area contributed by atoms with Gasteiger partial charge in [0.05, 0.1) is 5.41 Å². The zero-order valence-electron chi connectivity index (χ0n) is 12.1. The van der Waals surface area contributed by atoms with E-state index in [4.69, 9.17) is 0 Å². The molecule has 2 aliphatic rings. The maximum absolute atomic E-state index is 12.2. The molecule has 0 amide bonds. The molecule has 104 valence electrons. The topological polar surface area (TPSA) is 54.4 Å². The molecular weight excluding hydrogens is 240 g/mol. The van der Waals surface area contributed by atoms with Gasteiger partial charge in [0, 0.05) is 11.0 Å². The number of hydrogen-bond acceptors (Lipinski definition) is 2. The molecule has 0 saturated heterocycles. The zero-order chi connectivity index (χ0) is 14.4. The van der Waals surface area contributed by atoms with Crippen molar-refractivity contribution in [1.29, 1.82) is 0 Å². The molecule has 0 aliphatic heterocycles. The van der Waals surface area contributed by atoms with Crippen LogP contribution in [0, 0.1) is 16.7 Å². The Kier molecular flexibility index (Phi) is 3.20. The molecule has 19 heavy (non-hydrogen) atoms. The van der Waals surface area contributed by atoms with Crippen LogP contribution in [-0.4, -0.2) is 16.9 Å². The molecule has 3 nitrogen and oxygen atoms in total. The van der Waals surface area contributed by atoms with Crippen molar-refractivity contribution >= 4 is 11.8 Å². The molecule has 1 N–H and O–H groups in total. The number of carboxylic acid groups (broad SMARTS) is 1. The highest BCUT2D eigenvalue weighted by Gasteiger charge is 2.44. The summed E-state index contributed by atoms with van der Waals surface area (Å²) < 4.78 is 0. The van der Waals surface area contributed by atoms with Crippen molar-refractivity contribution in [3.05, 3.63) is 23.3 Å². The number of aliphatic carboxylic acids is 1. The smallest absolute Gasteiger partial charge is 0.313 e. The SMILES string of the molecule is C[C@H]1CCCC2=CC(=O)C(C(C)(C)C(=O)O)=C[C@@]21C. The molecule has 0 unspecified atom stereocenters. The van der Waals surface area contributed by atoms with E-state index in [0.29, 0.717) is 11.5 Å². The molecule has 2 aliphatic carbocycles. The first-order chi connectivity index (χ1) is 8.69. The van der Waals surface area contributed by atoms with Gasteiger partial charge in [-0.3, -0.25) is 9.59 Å². The predicted octanol–water partition coefficient (Wildman–Crippen LogP) is 3.36. The van der Waals surface area contributed by atoms with E-state index in [-0.39, 0.29) is 11.2 Å². The number of rotatable bonds is 2. The lowest BCUT2D eigenvalue weighted by molar-refractivity contribution is -0.145. The molecule has 1 fully saturated rings. The van der Waals surface area contributed by atoms with Crippen LogP contribution in [0.4, 0.5) is 0 Å². The van der Waals surface area contributed by atoms with Gasteiger partial charge in [-0.2, -0.15) is 0 Å². The van der Waals surface area contributed by atoms with Gasteiger partial charge in [-0.25, -0.2) is 0 Å². The van der Waals surface area contributed by atoms with Crippen LogP contribution in [0.2, 0.25) is 0 Å². The number of carbonyl (C=O) groups excluding carboxylic acids is 1. The second kappa shape index (κ2) is 4.32. The summed E-state index contributed by atoms with van der Waals surface area (Å²) in [5, 5.41) is 9.34. The van der Waals surface area contributed by atoms with Gasteiger partial charge in [0.1, 0.15) is 0 Å². The van der Waals surface area contributed by atoms with Crippen LogP contribution in [0.1, 0.15) is 47.0 Å². The van der Waals surface area contributed by atoms with E-state index in [9.17, 15) is 14.7 Å². The van der Waals surface area contributed by atoms with Gasteiger partial charge < -0.3 is 5.11 Å². The molecule has 3 heteroatoms. The van der Waals surface area contributed by atoms with Crippen molar-refractivity contribution < 1.29 is 14.7 Å². The van der Waals surface area contributed by atoms with E-state index in [1.807, 2.05) is 6.08 Å². The van der Waals surface area contributed by atoms with E-state index in [1.165, 1.54) is 5.57 Å². The van der Waals surface area contributed by atoms with Gasteiger partial charge >= 0.3 is 5.97 Å². The summed E-state index contributed by atoms with van der Waals surface area (Å²) in [6, 6.07) is 0. The van der Waals surface area contributed by atoms with Gasteiger partial charge in [-0.05, 0) is 45.1 Å². The second-order valence-corrected chi connectivity index (χ2v) is 6.60. The third kappa shape index (κ3) is 2.05. The van der Waals surface area contributed by atoms with E-state index in [1.54, 1.807) is 19.9 Å². The Bertz CT molecular complexity index is 496.